The Labute approximate surface area is 122 Å². The van der Waals surface area contributed by atoms with Crippen molar-refractivity contribution in [2.24, 2.45) is 4.99 Å². The number of aliphatic imine (C=N–C) groups is 1. The van der Waals surface area contributed by atoms with Crippen LogP contribution in [0.5, 0.6) is 0 Å². The predicted octanol–water partition coefficient (Wildman–Crippen LogP) is 5.01. The predicted molar refractivity (Wildman–Crippen MR) is 82.3 cm³/mol. The van der Waals surface area contributed by atoms with E-state index in [-0.39, 0.29) is 0 Å². The molecule has 2 rings (SSSR count). The Kier molecular flexibility index (Phi) is 4.04. The molecule has 0 spiro atoms. The van der Waals surface area contributed by atoms with Crippen LogP contribution < -0.4 is 0 Å². The second-order valence-corrected chi connectivity index (χ2v) is 5.65. The quantitative estimate of drug-likeness (QED) is 0.510. The van der Waals surface area contributed by atoms with Crippen LogP contribution in [0, 0.1) is 17.6 Å². The summed E-state index contributed by atoms with van der Waals surface area (Å²) in [6, 6.07) is 8.11. The third-order valence-electron chi connectivity index (χ3n) is 2.35. The van der Waals surface area contributed by atoms with E-state index in [1.54, 1.807) is 6.21 Å². The van der Waals surface area contributed by atoms with E-state index in [9.17, 15) is 0 Å². The number of aryl methyl sites for hydroxylation is 2. The Hall–Kier alpha value is -0.620. The highest BCUT2D eigenvalue weighted by Crippen LogP contribution is 2.23. The molecule has 4 heteroatoms. The summed E-state index contributed by atoms with van der Waals surface area (Å²) in [6.07, 6.45) is 1.74. The van der Waals surface area contributed by atoms with E-state index < -0.39 is 0 Å². The Balaban J connectivity index is 2.25. The largest absolute Gasteiger partial charge is 0.448 e. The summed E-state index contributed by atoms with van der Waals surface area (Å²) in [5.74, 6) is 0.751. The number of hydrogen-bond acceptors (Lipinski definition) is 2. The molecular weight excluding hydrogens is 393 g/mol. The van der Waals surface area contributed by atoms with Crippen molar-refractivity contribution in [1.29, 1.82) is 0 Å². The Morgan fingerprint density at radius 1 is 1.29 bits per heavy atom. The van der Waals surface area contributed by atoms with Crippen LogP contribution in [0.4, 0.5) is 5.69 Å². The number of nitrogens with zero attached hydrogens (tertiary/aromatic N) is 1. The summed E-state index contributed by atoms with van der Waals surface area (Å²) in [5, 5.41) is 0. The minimum Gasteiger partial charge on any atom is -0.448 e. The highest BCUT2D eigenvalue weighted by atomic mass is 127. The number of rotatable bonds is 2. The Morgan fingerprint density at radius 3 is 2.65 bits per heavy atom. The number of benzene rings is 1. The maximum atomic E-state index is 5.49. The minimum absolute atomic E-state index is 0.751. The van der Waals surface area contributed by atoms with Crippen LogP contribution in [0.3, 0.4) is 0 Å². The molecule has 0 atom stereocenters. The zero-order chi connectivity index (χ0) is 12.4. The third-order valence-corrected chi connectivity index (χ3v) is 4.48. The van der Waals surface area contributed by atoms with Gasteiger partial charge in [0.25, 0.3) is 0 Å². The smallest absolute Gasteiger partial charge is 0.178 e. The monoisotopic (exact) mass is 403 g/mol. The minimum atomic E-state index is 0.751. The summed E-state index contributed by atoms with van der Waals surface area (Å²) in [4.78, 5) is 4.43. The fourth-order valence-electron chi connectivity index (χ4n) is 1.51. The Bertz CT molecular complexity index is 555. The van der Waals surface area contributed by atoms with Gasteiger partial charge in [0, 0.05) is 28.7 Å². The first-order chi connectivity index (χ1) is 8.06. The maximum Gasteiger partial charge on any atom is 0.178 e. The van der Waals surface area contributed by atoms with Crippen molar-refractivity contribution in [3.8, 4) is 0 Å². The molecule has 1 aromatic heterocycles. The van der Waals surface area contributed by atoms with E-state index in [1.165, 1.54) is 11.1 Å². The van der Waals surface area contributed by atoms with Gasteiger partial charge >= 0.3 is 0 Å². The van der Waals surface area contributed by atoms with Crippen molar-refractivity contribution < 1.29 is 4.42 Å². The lowest BCUT2D eigenvalue weighted by Crippen LogP contribution is -1.79. The summed E-state index contributed by atoms with van der Waals surface area (Å²) in [7, 11) is 0. The van der Waals surface area contributed by atoms with Crippen LogP contribution in [-0.2, 0) is 0 Å². The van der Waals surface area contributed by atoms with Gasteiger partial charge in [-0.05, 0) is 41.4 Å². The molecule has 0 fully saturated rings. The highest BCUT2D eigenvalue weighted by molar-refractivity contribution is 14.1. The van der Waals surface area contributed by atoms with E-state index in [2.05, 4.69) is 69.5 Å². The van der Waals surface area contributed by atoms with E-state index in [4.69, 9.17) is 4.42 Å². The van der Waals surface area contributed by atoms with Crippen molar-refractivity contribution in [3.05, 3.63) is 49.4 Å². The lowest BCUT2D eigenvalue weighted by Gasteiger charge is -2.00. The van der Waals surface area contributed by atoms with Crippen molar-refractivity contribution in [1.82, 2.24) is 0 Å². The molecule has 17 heavy (non-hydrogen) atoms. The van der Waals surface area contributed by atoms with Gasteiger partial charge in [-0.25, -0.2) is 0 Å². The fraction of sp³-hybridized carbons (Fsp3) is 0.154. The molecule has 1 heterocycles. The van der Waals surface area contributed by atoms with Crippen molar-refractivity contribution in [3.63, 3.8) is 0 Å². The van der Waals surface area contributed by atoms with Gasteiger partial charge in [-0.15, -0.1) is 0 Å². The molecule has 0 radical (unpaired) electrons. The maximum absolute atomic E-state index is 5.49. The molecule has 0 aliphatic rings. The molecule has 2 nitrogen and oxygen atoms in total. The topological polar surface area (TPSA) is 25.5 Å². The van der Waals surface area contributed by atoms with Crippen LogP contribution in [0.15, 0.2) is 38.1 Å². The first kappa shape index (κ1) is 12.8. The SMILES string of the molecule is Cc1ccc(N=Cc2cc(Br)c(I)o2)c(C)c1. The Morgan fingerprint density at radius 2 is 2.06 bits per heavy atom. The molecule has 0 aliphatic heterocycles. The second-order valence-electron chi connectivity index (χ2n) is 3.82. The zero-order valence-electron chi connectivity index (χ0n) is 9.50. The summed E-state index contributed by atoms with van der Waals surface area (Å²) >= 11 is 5.54. The average Bonchev–Trinajstić information content (AvgIpc) is 2.57. The fourth-order valence-corrected chi connectivity index (χ4v) is 2.23. The molecule has 0 N–H and O–H groups in total. The van der Waals surface area contributed by atoms with Gasteiger partial charge in [-0.3, -0.25) is 4.99 Å². The molecule has 88 valence electrons. The van der Waals surface area contributed by atoms with Gasteiger partial charge in [-0.2, -0.15) is 0 Å². The second kappa shape index (κ2) is 5.35. The molecule has 0 saturated carbocycles. The van der Waals surface area contributed by atoms with Crippen LogP contribution in [0.25, 0.3) is 0 Å². The molecule has 0 unspecified atom stereocenters. The normalized spacial score (nSPS) is 11.3. The van der Waals surface area contributed by atoms with Crippen molar-refractivity contribution >= 4 is 50.4 Å². The molecule has 0 saturated heterocycles. The molecule has 0 amide bonds. The molecular formula is C13H11BrINO. The first-order valence-electron chi connectivity index (χ1n) is 5.12. The zero-order valence-corrected chi connectivity index (χ0v) is 13.2. The van der Waals surface area contributed by atoms with Gasteiger partial charge < -0.3 is 4.42 Å². The molecule has 1 aromatic carbocycles. The van der Waals surface area contributed by atoms with Gasteiger partial charge in [0.05, 0.1) is 16.4 Å². The van der Waals surface area contributed by atoms with Gasteiger partial charge in [0.1, 0.15) is 5.76 Å². The summed E-state index contributed by atoms with van der Waals surface area (Å²) in [6.45, 7) is 4.13. The average molecular weight is 404 g/mol. The number of furan rings is 1. The standard InChI is InChI=1S/C13H11BrINO/c1-8-3-4-12(9(2)5-8)16-7-10-6-11(14)13(15)17-10/h3-7H,1-2H3. The van der Waals surface area contributed by atoms with Gasteiger partial charge in [0.2, 0.25) is 0 Å². The van der Waals surface area contributed by atoms with Crippen LogP contribution in [0.1, 0.15) is 16.9 Å². The number of halogens is 2. The lowest BCUT2D eigenvalue weighted by molar-refractivity contribution is 0.530. The summed E-state index contributed by atoms with van der Waals surface area (Å²) < 4.78 is 7.29. The molecule has 0 aliphatic carbocycles. The summed E-state index contributed by atoms with van der Waals surface area (Å²) in [5.41, 5.74) is 3.39. The highest BCUT2D eigenvalue weighted by Gasteiger charge is 2.03. The lowest BCUT2D eigenvalue weighted by atomic mass is 10.1. The third kappa shape index (κ3) is 3.19. The van der Waals surface area contributed by atoms with E-state index >= 15 is 0 Å². The van der Waals surface area contributed by atoms with E-state index in [1.807, 2.05) is 12.1 Å². The number of hydrogen-bond donors (Lipinski definition) is 0. The van der Waals surface area contributed by atoms with Crippen molar-refractivity contribution in [2.75, 3.05) is 0 Å². The van der Waals surface area contributed by atoms with Crippen LogP contribution in [0.2, 0.25) is 0 Å². The van der Waals surface area contributed by atoms with Gasteiger partial charge in [-0.1, -0.05) is 17.7 Å². The molecule has 2 aromatic rings. The first-order valence-corrected chi connectivity index (χ1v) is 6.99. The van der Waals surface area contributed by atoms with Crippen LogP contribution >= 0.6 is 38.5 Å². The van der Waals surface area contributed by atoms with E-state index in [0.29, 0.717) is 0 Å². The van der Waals surface area contributed by atoms with Crippen molar-refractivity contribution in [2.45, 2.75) is 13.8 Å². The van der Waals surface area contributed by atoms with Crippen LogP contribution in [-0.4, -0.2) is 6.21 Å². The van der Waals surface area contributed by atoms with Gasteiger partial charge in [0.15, 0.2) is 3.77 Å². The molecule has 0 bridgehead atoms. The van der Waals surface area contributed by atoms with E-state index in [0.717, 1.165) is 19.7 Å².